The molecule has 4 fully saturated rings. The molecule has 0 spiro atoms. The van der Waals surface area contributed by atoms with E-state index in [1.54, 1.807) is 24.2 Å². The predicted molar refractivity (Wildman–Crippen MR) is 209 cm³/mol. The van der Waals surface area contributed by atoms with E-state index in [9.17, 15) is 0 Å². The van der Waals surface area contributed by atoms with E-state index in [-0.39, 0.29) is 34.9 Å². The Bertz CT molecular complexity index is 831. The molecule has 2 bridgehead atoms. The molecule has 4 aliphatic rings. The maximum absolute atomic E-state index is 7.48. The van der Waals surface area contributed by atoms with Crippen LogP contribution in [0.5, 0.6) is 0 Å². The van der Waals surface area contributed by atoms with Gasteiger partial charge < -0.3 is 13.3 Å². The fourth-order valence-electron chi connectivity index (χ4n) is 10.0. The van der Waals surface area contributed by atoms with Gasteiger partial charge in [-0.15, -0.1) is 0 Å². The Morgan fingerprint density at radius 2 is 1.09 bits per heavy atom. The first kappa shape index (κ1) is 43.4. The summed E-state index contributed by atoms with van der Waals surface area (Å²) in [7, 11) is -6.91. The van der Waals surface area contributed by atoms with E-state index in [2.05, 4.69) is 73.9 Å². The second-order valence-corrected chi connectivity index (χ2v) is 36.3. The first-order chi connectivity index (χ1) is 21.0. The van der Waals surface area contributed by atoms with Crippen molar-refractivity contribution in [2.24, 2.45) is 17.8 Å². The molecule has 2 aliphatic carbocycles. The Kier molecular flexibility index (Phi) is 18.1. The predicted octanol–water partition coefficient (Wildman–Crippen LogP) is 13.0. The minimum absolute atomic E-state index is 0. The van der Waals surface area contributed by atoms with Crippen LogP contribution >= 0.6 is 0 Å². The van der Waals surface area contributed by atoms with Gasteiger partial charge in [0.05, 0.1) is 20.3 Å². The molecule has 2 aliphatic heterocycles. The Morgan fingerprint density at radius 1 is 0.609 bits per heavy atom. The third-order valence-corrected chi connectivity index (χ3v) is 26.0. The second-order valence-electron chi connectivity index (χ2n) is 18.6. The molecule has 8 heteroatoms. The minimum atomic E-state index is -1.90. The quantitative estimate of drug-likeness (QED) is 0.253. The number of fused-ring (bicyclic) bond motifs is 6. The summed E-state index contributed by atoms with van der Waals surface area (Å²) in [4.78, 5) is 0. The number of hydrogen-bond donors (Lipinski definition) is 0. The zero-order valence-electron chi connectivity index (χ0n) is 32.8. The van der Waals surface area contributed by atoms with Gasteiger partial charge in [0.2, 0.25) is 0 Å². The van der Waals surface area contributed by atoms with E-state index < -0.39 is 33.0 Å². The van der Waals surface area contributed by atoms with Crippen molar-refractivity contribution in [1.82, 2.24) is 0 Å². The molecule has 0 N–H and O–H groups in total. The topological polar surface area (TPSA) is 27.7 Å². The third kappa shape index (κ3) is 13.4. The molecule has 0 aromatic rings. The van der Waals surface area contributed by atoms with E-state index in [1.807, 2.05) is 0 Å². The summed E-state index contributed by atoms with van der Waals surface area (Å²) < 4.78 is 22.0. The molecule has 2 heterocycles. The molecule has 0 aromatic carbocycles. The fourth-order valence-corrected chi connectivity index (χ4v) is 23.5. The summed E-state index contributed by atoms with van der Waals surface area (Å²) in [6.07, 6.45) is 19.9. The molecule has 2 saturated carbocycles. The van der Waals surface area contributed by atoms with Gasteiger partial charge in [0.1, 0.15) is 5.60 Å². The third-order valence-electron chi connectivity index (χ3n) is 12.9. The summed E-state index contributed by atoms with van der Waals surface area (Å²) >= 11 is 0. The summed E-state index contributed by atoms with van der Waals surface area (Å²) in [6, 6.07) is 10.1. The first-order valence-corrected chi connectivity index (χ1v) is 32.3. The first-order valence-electron chi connectivity index (χ1n) is 20.1. The molecule has 274 valence electrons. The van der Waals surface area contributed by atoms with Gasteiger partial charge in [-0.25, -0.2) is 0 Å². The molecule has 3 nitrogen and oxygen atoms in total. The number of rotatable bonds is 6. The monoisotopic (exact) mass is 752 g/mol. The molecule has 0 aromatic heterocycles. The van der Waals surface area contributed by atoms with Crippen LogP contribution in [0.15, 0.2) is 0 Å². The number of hydrogen-bond acceptors (Lipinski definition) is 3. The van der Waals surface area contributed by atoms with Crippen LogP contribution in [0.25, 0.3) is 0 Å². The molecular formula is C38H80FeO3Si4. The van der Waals surface area contributed by atoms with Crippen molar-refractivity contribution in [1.29, 1.82) is 0 Å². The van der Waals surface area contributed by atoms with Crippen LogP contribution in [0, 0.1) is 17.8 Å². The van der Waals surface area contributed by atoms with E-state index in [1.165, 1.54) is 95.2 Å². The van der Waals surface area contributed by atoms with Gasteiger partial charge in [0.15, 0.2) is 25.0 Å². The SMILES string of the molecule is CC1CCCC1.CCC1O[Si](C)(C)CCC[Si]2(CCCC3CCCC3C)CCC[Si](C)(C)OC(CC)C1(C)O[Si](C)(C)CCC2.[Fe]. The van der Waals surface area contributed by atoms with Crippen molar-refractivity contribution in [3.63, 3.8) is 0 Å². The van der Waals surface area contributed by atoms with Gasteiger partial charge in [0.25, 0.3) is 0 Å². The maximum Gasteiger partial charge on any atom is 0.187 e. The van der Waals surface area contributed by atoms with Gasteiger partial charge in [-0.1, -0.05) is 129 Å². The molecule has 0 radical (unpaired) electrons. The standard InChI is InChI=1S/C32H68O3Si4.C6H12.Fe/c1-11-30-32(4)31(12-2)34-37(7,8)22-16-26-39(25-15-21-36(5,6)33-30,27-17-23-38(9,10)35-32)24-14-20-29-19-13-18-28(29)3;1-6-4-2-3-5-6;/h28-31H,11-27H2,1-10H3;6H,2-5H2,1H3;. The van der Waals surface area contributed by atoms with E-state index >= 15 is 0 Å². The maximum atomic E-state index is 7.48. The van der Waals surface area contributed by atoms with Gasteiger partial charge >= 0.3 is 0 Å². The van der Waals surface area contributed by atoms with Crippen LogP contribution in [0.1, 0.15) is 125 Å². The largest absolute Gasteiger partial charge is 0.411 e. The summed E-state index contributed by atoms with van der Waals surface area (Å²) in [5.74, 6) is 3.02. The van der Waals surface area contributed by atoms with Gasteiger partial charge in [-0.05, 0) is 94.9 Å². The summed E-state index contributed by atoms with van der Waals surface area (Å²) in [5.41, 5.74) is -0.359. The van der Waals surface area contributed by atoms with Crippen molar-refractivity contribution in [3.05, 3.63) is 0 Å². The van der Waals surface area contributed by atoms with E-state index in [0.29, 0.717) is 0 Å². The van der Waals surface area contributed by atoms with Gasteiger partial charge in [0, 0.05) is 17.1 Å². The summed E-state index contributed by atoms with van der Waals surface area (Å²) in [6.45, 7) is 26.9. The molecule has 4 rings (SSSR count). The van der Waals surface area contributed by atoms with E-state index in [0.717, 1.165) is 30.6 Å². The Balaban J connectivity index is 0.000000941. The molecule has 2 saturated heterocycles. The average Bonchev–Trinajstić information content (AvgIpc) is 3.59. The molecule has 0 amide bonds. The van der Waals surface area contributed by atoms with Gasteiger partial charge in [-0.3, -0.25) is 0 Å². The van der Waals surface area contributed by atoms with Gasteiger partial charge in [-0.2, -0.15) is 0 Å². The molecule has 4 unspecified atom stereocenters. The average molecular weight is 753 g/mol. The normalized spacial score (nSPS) is 37.1. The Hall–Kier alpha value is 1.27. The smallest absolute Gasteiger partial charge is 0.187 e. The van der Waals surface area contributed by atoms with Crippen LogP contribution in [-0.2, 0) is 30.3 Å². The van der Waals surface area contributed by atoms with Crippen molar-refractivity contribution in [3.8, 4) is 0 Å². The van der Waals surface area contributed by atoms with Crippen LogP contribution < -0.4 is 0 Å². The van der Waals surface area contributed by atoms with Crippen molar-refractivity contribution in [2.75, 3.05) is 0 Å². The van der Waals surface area contributed by atoms with Crippen LogP contribution in [0.4, 0.5) is 0 Å². The zero-order chi connectivity index (χ0) is 33.4. The Morgan fingerprint density at radius 3 is 1.48 bits per heavy atom. The minimum Gasteiger partial charge on any atom is -0.411 e. The van der Waals surface area contributed by atoms with Crippen molar-refractivity contribution >= 4 is 33.0 Å². The van der Waals surface area contributed by atoms with Crippen LogP contribution in [-0.4, -0.2) is 50.8 Å². The van der Waals surface area contributed by atoms with Crippen LogP contribution in [0.2, 0.25) is 81.6 Å². The molecule has 4 atom stereocenters. The summed E-state index contributed by atoms with van der Waals surface area (Å²) in [5, 5.41) is 0. The Labute approximate surface area is 303 Å². The fraction of sp³-hybridized carbons (Fsp3) is 1.00. The van der Waals surface area contributed by atoms with E-state index in [4.69, 9.17) is 13.3 Å². The molecule has 46 heavy (non-hydrogen) atoms. The second kappa shape index (κ2) is 19.2. The zero-order valence-corrected chi connectivity index (χ0v) is 37.9. The van der Waals surface area contributed by atoms with Crippen LogP contribution in [0.3, 0.4) is 0 Å². The van der Waals surface area contributed by atoms with Crippen molar-refractivity contribution < 1.29 is 30.3 Å². The molecular weight excluding hydrogens is 673 g/mol. The van der Waals surface area contributed by atoms with Crippen molar-refractivity contribution in [2.45, 2.75) is 224 Å².